The SMILES string of the molecule is CC.CCCCN1CCCC(Oc2cccc(C(C)(C)O)c2)C1. The van der Waals surface area contributed by atoms with Crippen molar-refractivity contribution in [2.24, 2.45) is 0 Å². The molecule has 1 unspecified atom stereocenters. The fourth-order valence-corrected chi connectivity index (χ4v) is 2.84. The Morgan fingerprint density at radius 1 is 1.30 bits per heavy atom. The molecule has 0 bridgehead atoms. The van der Waals surface area contributed by atoms with Gasteiger partial charge in [0.05, 0.1) is 5.60 Å². The Kier molecular flexibility index (Phi) is 8.64. The molecule has 1 atom stereocenters. The quantitative estimate of drug-likeness (QED) is 0.832. The lowest BCUT2D eigenvalue weighted by Gasteiger charge is -2.33. The van der Waals surface area contributed by atoms with Crippen LogP contribution in [-0.4, -0.2) is 35.7 Å². The van der Waals surface area contributed by atoms with Gasteiger partial charge in [0, 0.05) is 6.54 Å². The minimum atomic E-state index is -0.820. The molecule has 0 amide bonds. The van der Waals surface area contributed by atoms with E-state index in [0.717, 1.165) is 24.3 Å². The minimum Gasteiger partial charge on any atom is -0.489 e. The number of piperidine rings is 1. The van der Waals surface area contributed by atoms with Gasteiger partial charge in [0.2, 0.25) is 0 Å². The molecule has 2 rings (SSSR count). The number of hydrogen-bond acceptors (Lipinski definition) is 3. The van der Waals surface area contributed by atoms with Gasteiger partial charge in [-0.25, -0.2) is 0 Å². The van der Waals surface area contributed by atoms with E-state index in [1.54, 1.807) is 13.8 Å². The highest BCUT2D eigenvalue weighted by atomic mass is 16.5. The average molecular weight is 322 g/mol. The van der Waals surface area contributed by atoms with E-state index in [2.05, 4.69) is 11.8 Å². The van der Waals surface area contributed by atoms with Crippen LogP contribution < -0.4 is 4.74 Å². The van der Waals surface area contributed by atoms with Crippen LogP contribution in [0.15, 0.2) is 24.3 Å². The van der Waals surface area contributed by atoms with E-state index in [-0.39, 0.29) is 6.10 Å². The molecule has 1 N–H and O–H groups in total. The molecule has 23 heavy (non-hydrogen) atoms. The van der Waals surface area contributed by atoms with E-state index < -0.39 is 5.60 Å². The van der Waals surface area contributed by atoms with Gasteiger partial charge in [-0.05, 0) is 63.9 Å². The topological polar surface area (TPSA) is 32.7 Å². The molecular formula is C20H35NO2. The summed E-state index contributed by atoms with van der Waals surface area (Å²) >= 11 is 0. The third kappa shape index (κ3) is 6.92. The van der Waals surface area contributed by atoms with Gasteiger partial charge in [-0.1, -0.05) is 39.3 Å². The molecule has 0 aromatic heterocycles. The molecule has 0 radical (unpaired) electrons. The summed E-state index contributed by atoms with van der Waals surface area (Å²) in [4.78, 5) is 2.51. The largest absolute Gasteiger partial charge is 0.489 e. The van der Waals surface area contributed by atoms with Crippen molar-refractivity contribution in [3.8, 4) is 5.75 Å². The molecule has 1 aromatic carbocycles. The summed E-state index contributed by atoms with van der Waals surface area (Å²) in [5, 5.41) is 10.1. The standard InChI is InChI=1S/C18H29NO2.C2H6/c1-4-5-11-19-12-7-10-17(14-19)21-16-9-6-8-15(13-16)18(2,3)20;1-2/h6,8-9,13,17,20H,4-5,7,10-12,14H2,1-3H3;1-2H3. The summed E-state index contributed by atoms with van der Waals surface area (Å²) in [5.74, 6) is 0.872. The zero-order chi connectivity index (χ0) is 17.3. The third-order valence-corrected chi connectivity index (χ3v) is 4.13. The molecule has 0 saturated carbocycles. The molecule has 1 aromatic rings. The number of aliphatic hydroxyl groups is 1. The normalized spacial score (nSPS) is 19.0. The van der Waals surface area contributed by atoms with Gasteiger partial charge in [0.15, 0.2) is 0 Å². The number of ether oxygens (including phenoxy) is 1. The second-order valence-electron chi connectivity index (χ2n) is 6.62. The molecule has 1 aliphatic heterocycles. The van der Waals surface area contributed by atoms with Gasteiger partial charge in [0.25, 0.3) is 0 Å². The number of benzene rings is 1. The predicted octanol–water partition coefficient (Wildman–Crippen LogP) is 4.58. The molecule has 3 heteroatoms. The Bertz CT molecular complexity index is 440. The first kappa shape index (κ1) is 20.0. The number of unbranched alkanes of at least 4 members (excludes halogenated alkanes) is 1. The van der Waals surface area contributed by atoms with E-state index in [9.17, 15) is 5.11 Å². The van der Waals surface area contributed by atoms with Crippen LogP contribution in [0.1, 0.15) is 65.9 Å². The number of nitrogens with zero attached hydrogens (tertiary/aromatic N) is 1. The van der Waals surface area contributed by atoms with Crippen LogP contribution in [0.5, 0.6) is 5.75 Å². The van der Waals surface area contributed by atoms with Crippen LogP contribution in [0.2, 0.25) is 0 Å². The highest BCUT2D eigenvalue weighted by Gasteiger charge is 2.22. The van der Waals surface area contributed by atoms with E-state index in [0.29, 0.717) is 0 Å². The Balaban J connectivity index is 0.00000127. The van der Waals surface area contributed by atoms with Crippen LogP contribution in [0.3, 0.4) is 0 Å². The molecule has 1 fully saturated rings. The van der Waals surface area contributed by atoms with Crippen LogP contribution in [0.25, 0.3) is 0 Å². The van der Waals surface area contributed by atoms with Crippen LogP contribution in [0, 0.1) is 0 Å². The van der Waals surface area contributed by atoms with Crippen molar-refractivity contribution in [2.45, 2.75) is 72.0 Å². The number of hydrogen-bond donors (Lipinski definition) is 1. The first-order chi connectivity index (χ1) is 11.0. The fraction of sp³-hybridized carbons (Fsp3) is 0.700. The maximum absolute atomic E-state index is 10.1. The zero-order valence-corrected chi connectivity index (χ0v) is 15.6. The van der Waals surface area contributed by atoms with Crippen molar-refractivity contribution >= 4 is 0 Å². The minimum absolute atomic E-state index is 0.271. The summed E-state index contributed by atoms with van der Waals surface area (Å²) in [6.07, 6.45) is 5.11. The van der Waals surface area contributed by atoms with E-state index >= 15 is 0 Å². The van der Waals surface area contributed by atoms with Crippen molar-refractivity contribution in [3.05, 3.63) is 29.8 Å². The third-order valence-electron chi connectivity index (χ3n) is 4.13. The maximum atomic E-state index is 10.1. The second-order valence-corrected chi connectivity index (χ2v) is 6.62. The summed E-state index contributed by atoms with van der Waals surface area (Å²) in [6, 6.07) is 7.85. The van der Waals surface area contributed by atoms with Crippen molar-refractivity contribution in [3.63, 3.8) is 0 Å². The highest BCUT2D eigenvalue weighted by molar-refractivity contribution is 5.31. The Morgan fingerprint density at radius 3 is 2.70 bits per heavy atom. The van der Waals surface area contributed by atoms with Gasteiger partial charge in [-0.15, -0.1) is 0 Å². The Hall–Kier alpha value is -1.06. The maximum Gasteiger partial charge on any atom is 0.120 e. The Morgan fingerprint density at radius 2 is 2.04 bits per heavy atom. The average Bonchev–Trinajstić information content (AvgIpc) is 2.55. The van der Waals surface area contributed by atoms with Gasteiger partial charge in [-0.3, -0.25) is 4.90 Å². The monoisotopic (exact) mass is 321 g/mol. The summed E-state index contributed by atoms with van der Waals surface area (Å²) in [7, 11) is 0. The van der Waals surface area contributed by atoms with Crippen molar-refractivity contribution < 1.29 is 9.84 Å². The molecule has 1 aliphatic rings. The van der Waals surface area contributed by atoms with E-state index in [1.165, 1.54) is 32.4 Å². The zero-order valence-electron chi connectivity index (χ0n) is 15.6. The number of rotatable bonds is 6. The molecule has 0 spiro atoms. The van der Waals surface area contributed by atoms with Gasteiger partial charge < -0.3 is 9.84 Å². The molecule has 1 heterocycles. The molecule has 3 nitrogen and oxygen atoms in total. The summed E-state index contributed by atoms with van der Waals surface area (Å²) in [5.41, 5.74) is 0.0812. The van der Waals surface area contributed by atoms with E-state index in [1.807, 2.05) is 38.1 Å². The van der Waals surface area contributed by atoms with Gasteiger partial charge in [-0.2, -0.15) is 0 Å². The van der Waals surface area contributed by atoms with Crippen molar-refractivity contribution in [1.29, 1.82) is 0 Å². The number of likely N-dealkylation sites (tertiary alicyclic amines) is 1. The summed E-state index contributed by atoms with van der Waals surface area (Å²) in [6.45, 7) is 13.2. The molecule has 132 valence electrons. The summed E-state index contributed by atoms with van der Waals surface area (Å²) < 4.78 is 6.15. The van der Waals surface area contributed by atoms with Crippen LogP contribution >= 0.6 is 0 Å². The second kappa shape index (κ2) is 9.94. The lowest BCUT2D eigenvalue weighted by Crippen LogP contribution is -2.41. The van der Waals surface area contributed by atoms with Crippen LogP contribution in [-0.2, 0) is 5.60 Å². The van der Waals surface area contributed by atoms with Gasteiger partial charge in [0.1, 0.15) is 11.9 Å². The van der Waals surface area contributed by atoms with Gasteiger partial charge >= 0.3 is 0 Å². The first-order valence-electron chi connectivity index (χ1n) is 9.21. The smallest absolute Gasteiger partial charge is 0.120 e. The molecular weight excluding hydrogens is 286 g/mol. The van der Waals surface area contributed by atoms with Crippen LogP contribution in [0.4, 0.5) is 0 Å². The first-order valence-corrected chi connectivity index (χ1v) is 9.21. The molecule has 0 aliphatic carbocycles. The van der Waals surface area contributed by atoms with Crippen molar-refractivity contribution in [2.75, 3.05) is 19.6 Å². The predicted molar refractivity (Wildman–Crippen MR) is 98.0 cm³/mol. The Labute approximate surface area is 142 Å². The lowest BCUT2D eigenvalue weighted by atomic mass is 9.98. The fourth-order valence-electron chi connectivity index (χ4n) is 2.84. The lowest BCUT2D eigenvalue weighted by molar-refractivity contribution is 0.0751. The van der Waals surface area contributed by atoms with E-state index in [4.69, 9.17) is 4.74 Å². The molecule has 1 saturated heterocycles. The highest BCUT2D eigenvalue weighted by Crippen LogP contribution is 2.25. The van der Waals surface area contributed by atoms with Crippen molar-refractivity contribution in [1.82, 2.24) is 4.90 Å².